The molecule has 0 bridgehead atoms. The molecule has 0 fully saturated rings. The summed E-state index contributed by atoms with van der Waals surface area (Å²) < 4.78 is 0.555. The van der Waals surface area contributed by atoms with Gasteiger partial charge in [0.05, 0.1) is 17.0 Å². The van der Waals surface area contributed by atoms with E-state index in [9.17, 15) is 4.79 Å². The van der Waals surface area contributed by atoms with Gasteiger partial charge in [-0.3, -0.25) is 14.7 Å². The molecule has 0 amide bonds. The van der Waals surface area contributed by atoms with E-state index in [4.69, 9.17) is 16.6 Å². The average molecular weight is 364 g/mol. The minimum absolute atomic E-state index is 0.0321. The van der Waals surface area contributed by atoms with Crippen molar-refractivity contribution in [2.45, 2.75) is 38.8 Å². The topological polar surface area (TPSA) is 74.2 Å². The number of fused-ring (bicyclic) bond motifs is 1. The number of halogens is 1. The van der Waals surface area contributed by atoms with Gasteiger partial charge in [-0.1, -0.05) is 11.6 Å². The molecule has 2 aromatic rings. The van der Waals surface area contributed by atoms with E-state index in [1.165, 1.54) is 11.3 Å². The largest absolute Gasteiger partial charge is 0.305 e. The summed E-state index contributed by atoms with van der Waals surface area (Å²) >= 11 is 7.37. The molecule has 0 aromatic carbocycles. The van der Waals surface area contributed by atoms with E-state index in [-0.39, 0.29) is 5.56 Å². The van der Waals surface area contributed by atoms with Gasteiger partial charge in [0.15, 0.2) is 10.3 Å². The lowest BCUT2D eigenvalue weighted by molar-refractivity contribution is 0.243. The van der Waals surface area contributed by atoms with Crippen molar-refractivity contribution >= 4 is 28.6 Å². The van der Waals surface area contributed by atoms with Crippen molar-refractivity contribution in [2.24, 2.45) is 4.99 Å². The van der Waals surface area contributed by atoms with E-state index in [2.05, 4.69) is 19.9 Å². The number of aromatic amines is 1. The van der Waals surface area contributed by atoms with Gasteiger partial charge in [0, 0.05) is 43.7 Å². The number of rotatable bonds is 3. The highest BCUT2D eigenvalue weighted by atomic mass is 35.5. The molecule has 0 unspecified atom stereocenters. The average Bonchev–Trinajstić information content (AvgIpc) is 3.01. The maximum Gasteiger partial charge on any atom is 0.255 e. The van der Waals surface area contributed by atoms with Gasteiger partial charge < -0.3 is 4.98 Å². The van der Waals surface area contributed by atoms with Crippen LogP contribution in [0.4, 0.5) is 0 Å². The van der Waals surface area contributed by atoms with E-state index in [1.54, 1.807) is 6.20 Å². The summed E-state index contributed by atoms with van der Waals surface area (Å²) in [5, 5.41) is 0. The number of nitrogens with zero attached hydrogens (tertiary/aromatic N) is 4. The van der Waals surface area contributed by atoms with Gasteiger partial charge in [-0.2, -0.15) is 0 Å². The van der Waals surface area contributed by atoms with E-state index in [0.717, 1.165) is 67.2 Å². The van der Waals surface area contributed by atoms with E-state index >= 15 is 0 Å². The van der Waals surface area contributed by atoms with Crippen LogP contribution in [-0.2, 0) is 19.5 Å². The molecule has 4 heterocycles. The number of nitrogens with one attached hydrogen (secondary N) is 1. The first-order chi connectivity index (χ1) is 11.7. The number of aliphatic imine (C=N–C) groups is 1. The Morgan fingerprint density at radius 3 is 3.00 bits per heavy atom. The van der Waals surface area contributed by atoms with Crippen molar-refractivity contribution in [3.8, 4) is 0 Å². The van der Waals surface area contributed by atoms with Crippen molar-refractivity contribution in [1.29, 1.82) is 0 Å². The fraction of sp³-hybridized carbons (Fsp3) is 0.500. The minimum Gasteiger partial charge on any atom is -0.305 e. The van der Waals surface area contributed by atoms with Crippen LogP contribution in [0.1, 0.15) is 41.2 Å². The maximum absolute atomic E-state index is 12.5. The molecular formula is C16H18ClN5OS. The Kier molecular flexibility index (Phi) is 4.47. The third kappa shape index (κ3) is 3.29. The van der Waals surface area contributed by atoms with Crippen LogP contribution >= 0.6 is 22.9 Å². The molecule has 0 atom stereocenters. The highest BCUT2D eigenvalue weighted by Crippen LogP contribution is 2.22. The molecule has 4 rings (SSSR count). The summed E-state index contributed by atoms with van der Waals surface area (Å²) in [5.74, 6) is 0.668. The molecule has 0 radical (unpaired) electrons. The summed E-state index contributed by atoms with van der Waals surface area (Å²) in [6, 6.07) is 0. The van der Waals surface area contributed by atoms with Crippen LogP contribution in [0.2, 0.25) is 4.47 Å². The van der Waals surface area contributed by atoms with Crippen LogP contribution in [0, 0.1) is 0 Å². The van der Waals surface area contributed by atoms with Crippen LogP contribution in [0.5, 0.6) is 0 Å². The zero-order valence-electron chi connectivity index (χ0n) is 13.2. The SMILES string of the molecule is O=c1[nH]c(C2=NCCCC2)nc2c1CN(Cc1cnc(Cl)s1)CC2. The second-order valence-electron chi connectivity index (χ2n) is 6.17. The Balaban J connectivity index is 1.56. The van der Waals surface area contributed by atoms with Crippen molar-refractivity contribution in [1.82, 2.24) is 19.9 Å². The van der Waals surface area contributed by atoms with Gasteiger partial charge in [0.2, 0.25) is 0 Å². The number of hydrogen-bond donors (Lipinski definition) is 1. The standard InChI is InChI=1S/C16H18ClN5OS/c17-16-19-7-10(24-16)8-22-6-4-12-11(9-22)15(23)21-14(20-12)13-3-1-2-5-18-13/h7H,1-6,8-9H2,(H,20,21,23). The highest BCUT2D eigenvalue weighted by molar-refractivity contribution is 7.15. The van der Waals surface area contributed by atoms with Gasteiger partial charge >= 0.3 is 0 Å². The van der Waals surface area contributed by atoms with Gasteiger partial charge in [0.1, 0.15) is 0 Å². The minimum atomic E-state index is -0.0321. The molecule has 6 nitrogen and oxygen atoms in total. The van der Waals surface area contributed by atoms with E-state index < -0.39 is 0 Å². The van der Waals surface area contributed by atoms with Crippen molar-refractivity contribution in [2.75, 3.05) is 13.1 Å². The van der Waals surface area contributed by atoms with Gasteiger partial charge in [-0.25, -0.2) is 9.97 Å². The molecule has 2 aromatic heterocycles. The molecule has 126 valence electrons. The zero-order valence-corrected chi connectivity index (χ0v) is 14.8. The Bertz CT molecular complexity index is 843. The lowest BCUT2D eigenvalue weighted by atomic mass is 10.1. The van der Waals surface area contributed by atoms with Crippen LogP contribution in [-0.4, -0.2) is 38.7 Å². The molecule has 0 aliphatic carbocycles. The summed E-state index contributed by atoms with van der Waals surface area (Å²) in [4.78, 5) is 32.1. The van der Waals surface area contributed by atoms with Crippen molar-refractivity contribution in [3.05, 3.63) is 43.0 Å². The molecule has 2 aliphatic heterocycles. The quantitative estimate of drug-likeness (QED) is 0.908. The first kappa shape index (κ1) is 15.9. The second kappa shape index (κ2) is 6.74. The molecular weight excluding hydrogens is 346 g/mol. The second-order valence-corrected chi connectivity index (χ2v) is 7.86. The smallest absolute Gasteiger partial charge is 0.255 e. The first-order valence-electron chi connectivity index (χ1n) is 8.17. The predicted molar refractivity (Wildman–Crippen MR) is 95.1 cm³/mol. The zero-order chi connectivity index (χ0) is 16.5. The van der Waals surface area contributed by atoms with Crippen molar-refractivity contribution in [3.63, 3.8) is 0 Å². The number of thiazole rings is 1. The molecule has 8 heteroatoms. The van der Waals surface area contributed by atoms with Crippen LogP contribution < -0.4 is 5.56 Å². The first-order valence-corrected chi connectivity index (χ1v) is 9.37. The molecule has 1 N–H and O–H groups in total. The monoisotopic (exact) mass is 363 g/mol. The van der Waals surface area contributed by atoms with E-state index in [1.807, 2.05) is 0 Å². The Morgan fingerprint density at radius 1 is 1.33 bits per heavy atom. The van der Waals surface area contributed by atoms with Crippen molar-refractivity contribution < 1.29 is 0 Å². The van der Waals surface area contributed by atoms with Gasteiger partial charge in [-0.15, -0.1) is 11.3 Å². The summed E-state index contributed by atoms with van der Waals surface area (Å²) in [5.41, 5.74) is 2.61. The third-order valence-corrected chi connectivity index (χ3v) is 5.55. The molecule has 0 saturated carbocycles. The molecule has 2 aliphatic rings. The predicted octanol–water partition coefficient (Wildman–Crippen LogP) is 2.41. The summed E-state index contributed by atoms with van der Waals surface area (Å²) in [6.45, 7) is 3.09. The van der Waals surface area contributed by atoms with Crippen LogP contribution in [0.15, 0.2) is 16.0 Å². The lowest BCUT2D eigenvalue weighted by Gasteiger charge is -2.27. The number of aromatic nitrogens is 3. The normalized spacial score (nSPS) is 18.3. The van der Waals surface area contributed by atoms with Gasteiger partial charge in [-0.05, 0) is 19.3 Å². The van der Waals surface area contributed by atoms with Gasteiger partial charge in [0.25, 0.3) is 5.56 Å². The summed E-state index contributed by atoms with van der Waals surface area (Å²) in [7, 11) is 0. The fourth-order valence-electron chi connectivity index (χ4n) is 3.22. The Labute approximate surface area is 148 Å². The fourth-order valence-corrected chi connectivity index (χ4v) is 4.24. The Morgan fingerprint density at radius 2 is 2.25 bits per heavy atom. The Hall–Kier alpha value is -1.57. The summed E-state index contributed by atoms with van der Waals surface area (Å²) in [6.07, 6.45) is 5.72. The van der Waals surface area contributed by atoms with E-state index in [0.29, 0.717) is 16.8 Å². The molecule has 0 spiro atoms. The highest BCUT2D eigenvalue weighted by Gasteiger charge is 2.23. The molecule has 0 saturated heterocycles. The lowest BCUT2D eigenvalue weighted by Crippen LogP contribution is -2.36. The maximum atomic E-state index is 12.5. The molecule has 24 heavy (non-hydrogen) atoms. The van der Waals surface area contributed by atoms with Crippen LogP contribution in [0.3, 0.4) is 0 Å². The number of hydrogen-bond acceptors (Lipinski definition) is 6. The van der Waals surface area contributed by atoms with Crippen LogP contribution in [0.25, 0.3) is 0 Å². The third-order valence-electron chi connectivity index (χ3n) is 4.45. The number of H-pyrrole nitrogens is 1.